The Morgan fingerprint density at radius 2 is 2.00 bits per heavy atom. The minimum Gasteiger partial charge on any atom is -0.484 e. The number of carbonyl (C=O) groups is 1. The summed E-state index contributed by atoms with van der Waals surface area (Å²) in [6, 6.07) is 7.30. The minimum atomic E-state index is -0.395. The van der Waals surface area contributed by atoms with E-state index in [0.717, 1.165) is 11.4 Å². The van der Waals surface area contributed by atoms with Gasteiger partial charge in [-0.05, 0) is 44.2 Å². The molecule has 1 N–H and O–H groups in total. The molecule has 0 bridgehead atoms. The van der Waals surface area contributed by atoms with E-state index in [1.54, 1.807) is 6.08 Å². The maximum atomic E-state index is 11.2. The van der Waals surface area contributed by atoms with Crippen molar-refractivity contribution in [1.82, 2.24) is 0 Å². The van der Waals surface area contributed by atoms with Crippen LogP contribution in [-0.2, 0) is 4.79 Å². The molecule has 0 aromatic heterocycles. The van der Waals surface area contributed by atoms with Crippen molar-refractivity contribution < 1.29 is 9.53 Å². The van der Waals surface area contributed by atoms with Gasteiger partial charge >= 0.3 is 0 Å². The van der Waals surface area contributed by atoms with E-state index in [1.165, 1.54) is 0 Å². The molecular formula is C14H19NO2. The Balaban J connectivity index is 2.68. The summed E-state index contributed by atoms with van der Waals surface area (Å²) < 4.78 is 5.71. The van der Waals surface area contributed by atoms with E-state index in [4.69, 9.17) is 4.74 Å². The summed E-state index contributed by atoms with van der Waals surface area (Å²) in [6.45, 7) is 9.41. The van der Waals surface area contributed by atoms with Gasteiger partial charge in [-0.2, -0.15) is 0 Å². The molecule has 92 valence electrons. The van der Waals surface area contributed by atoms with Crippen LogP contribution in [0.5, 0.6) is 5.75 Å². The van der Waals surface area contributed by atoms with Gasteiger partial charge in [0, 0.05) is 12.1 Å². The Morgan fingerprint density at radius 3 is 2.47 bits per heavy atom. The second-order valence-corrected chi connectivity index (χ2v) is 4.34. The number of hydrogen-bond acceptors (Lipinski definition) is 2. The first-order valence-corrected chi connectivity index (χ1v) is 5.69. The van der Waals surface area contributed by atoms with Crippen LogP contribution in [-0.4, -0.2) is 11.5 Å². The first-order chi connectivity index (χ1) is 7.96. The van der Waals surface area contributed by atoms with E-state index >= 15 is 0 Å². The van der Waals surface area contributed by atoms with E-state index in [-0.39, 0.29) is 5.91 Å². The third-order valence-corrected chi connectivity index (χ3v) is 2.33. The smallest absolute Gasteiger partial charge is 0.224 e. The van der Waals surface area contributed by atoms with E-state index < -0.39 is 5.60 Å². The summed E-state index contributed by atoms with van der Waals surface area (Å²) in [4.78, 5) is 11.2. The monoisotopic (exact) mass is 233 g/mol. The zero-order valence-electron chi connectivity index (χ0n) is 10.6. The largest absolute Gasteiger partial charge is 0.484 e. The van der Waals surface area contributed by atoms with Gasteiger partial charge in [-0.25, -0.2) is 0 Å². The second-order valence-electron chi connectivity index (χ2n) is 4.34. The van der Waals surface area contributed by atoms with Gasteiger partial charge in [-0.1, -0.05) is 13.5 Å². The van der Waals surface area contributed by atoms with Gasteiger partial charge < -0.3 is 10.1 Å². The van der Waals surface area contributed by atoms with E-state index in [1.807, 2.05) is 45.0 Å². The number of amides is 1. The molecule has 3 nitrogen and oxygen atoms in total. The normalized spacial score (nSPS) is 10.8. The van der Waals surface area contributed by atoms with Crippen molar-refractivity contribution in [2.24, 2.45) is 0 Å². The van der Waals surface area contributed by atoms with Crippen molar-refractivity contribution in [1.29, 1.82) is 0 Å². The lowest BCUT2D eigenvalue weighted by Crippen LogP contribution is -2.24. The van der Waals surface area contributed by atoms with Crippen molar-refractivity contribution in [2.45, 2.75) is 32.8 Å². The molecule has 0 spiro atoms. The molecule has 0 fully saturated rings. The lowest BCUT2D eigenvalue weighted by molar-refractivity contribution is -0.115. The maximum absolute atomic E-state index is 11.2. The zero-order valence-corrected chi connectivity index (χ0v) is 10.6. The van der Waals surface area contributed by atoms with Crippen LogP contribution < -0.4 is 10.1 Å². The standard InChI is InChI=1S/C14H19NO2/c1-5-13(16)15-11-7-9-12(10-8-11)17-14(3,4)6-2/h6-10H,2,5H2,1,3-4H3,(H,15,16). The molecule has 0 aliphatic carbocycles. The fourth-order valence-electron chi connectivity index (χ4n) is 1.20. The third kappa shape index (κ3) is 4.31. The molecule has 1 rings (SSSR count). The number of carbonyl (C=O) groups excluding carboxylic acids is 1. The van der Waals surface area contributed by atoms with Crippen LogP contribution in [0.3, 0.4) is 0 Å². The van der Waals surface area contributed by atoms with Gasteiger partial charge in [0.25, 0.3) is 0 Å². The lowest BCUT2D eigenvalue weighted by atomic mass is 10.1. The van der Waals surface area contributed by atoms with Crippen LogP contribution in [0.25, 0.3) is 0 Å². The zero-order chi connectivity index (χ0) is 12.9. The summed E-state index contributed by atoms with van der Waals surface area (Å²) in [6.07, 6.45) is 2.22. The number of benzene rings is 1. The Labute approximate surface area is 102 Å². The number of rotatable bonds is 5. The third-order valence-electron chi connectivity index (χ3n) is 2.33. The Hall–Kier alpha value is -1.77. The SMILES string of the molecule is C=CC(C)(C)Oc1ccc(NC(=O)CC)cc1. The highest BCUT2D eigenvalue weighted by molar-refractivity contribution is 5.90. The average Bonchev–Trinajstić information content (AvgIpc) is 2.31. The van der Waals surface area contributed by atoms with Crippen LogP contribution in [0, 0.1) is 0 Å². The van der Waals surface area contributed by atoms with Gasteiger partial charge in [-0.15, -0.1) is 0 Å². The predicted molar refractivity (Wildman–Crippen MR) is 70.3 cm³/mol. The molecule has 1 amide bonds. The van der Waals surface area contributed by atoms with Crippen LogP contribution in [0.4, 0.5) is 5.69 Å². The molecule has 0 aliphatic rings. The highest BCUT2D eigenvalue weighted by Crippen LogP contribution is 2.21. The molecule has 17 heavy (non-hydrogen) atoms. The molecule has 0 saturated carbocycles. The summed E-state index contributed by atoms with van der Waals surface area (Å²) >= 11 is 0. The van der Waals surface area contributed by atoms with Gasteiger partial charge in [0.2, 0.25) is 5.91 Å². The molecule has 0 aliphatic heterocycles. The number of hydrogen-bond donors (Lipinski definition) is 1. The summed E-state index contributed by atoms with van der Waals surface area (Å²) in [5.74, 6) is 0.759. The second kappa shape index (κ2) is 5.53. The van der Waals surface area contributed by atoms with Crippen molar-refractivity contribution in [3.8, 4) is 5.75 Å². The fourth-order valence-corrected chi connectivity index (χ4v) is 1.20. The molecule has 0 radical (unpaired) electrons. The first kappa shape index (κ1) is 13.3. The van der Waals surface area contributed by atoms with Gasteiger partial charge in [0.05, 0.1) is 0 Å². The van der Waals surface area contributed by atoms with Crippen LogP contribution in [0.1, 0.15) is 27.2 Å². The number of nitrogens with one attached hydrogen (secondary N) is 1. The minimum absolute atomic E-state index is 0.00471. The summed E-state index contributed by atoms with van der Waals surface area (Å²) in [5.41, 5.74) is 0.384. The Kier molecular flexibility index (Phi) is 4.32. The highest BCUT2D eigenvalue weighted by Gasteiger charge is 2.14. The summed E-state index contributed by atoms with van der Waals surface area (Å²) in [7, 11) is 0. The van der Waals surface area contributed by atoms with Crippen molar-refractivity contribution in [3.05, 3.63) is 36.9 Å². The van der Waals surface area contributed by atoms with Crippen molar-refractivity contribution in [3.63, 3.8) is 0 Å². The fraction of sp³-hybridized carbons (Fsp3) is 0.357. The quantitative estimate of drug-likeness (QED) is 0.792. The molecule has 0 heterocycles. The topological polar surface area (TPSA) is 38.3 Å². The van der Waals surface area contributed by atoms with Gasteiger partial charge in [-0.3, -0.25) is 4.79 Å². The van der Waals surface area contributed by atoms with Crippen LogP contribution in [0.15, 0.2) is 36.9 Å². The van der Waals surface area contributed by atoms with Crippen molar-refractivity contribution >= 4 is 11.6 Å². The molecule has 1 aromatic rings. The van der Waals surface area contributed by atoms with E-state index in [0.29, 0.717) is 6.42 Å². The lowest BCUT2D eigenvalue weighted by Gasteiger charge is -2.22. The molecule has 3 heteroatoms. The first-order valence-electron chi connectivity index (χ1n) is 5.69. The maximum Gasteiger partial charge on any atom is 0.224 e. The predicted octanol–water partition coefficient (Wildman–Crippen LogP) is 3.38. The number of anilines is 1. The summed E-state index contributed by atoms with van der Waals surface area (Å²) in [5, 5.41) is 2.78. The number of ether oxygens (including phenoxy) is 1. The van der Waals surface area contributed by atoms with Gasteiger partial charge in [0.1, 0.15) is 11.4 Å². The van der Waals surface area contributed by atoms with E-state index in [2.05, 4.69) is 11.9 Å². The van der Waals surface area contributed by atoms with Crippen LogP contribution >= 0.6 is 0 Å². The molecule has 1 aromatic carbocycles. The van der Waals surface area contributed by atoms with Crippen LogP contribution in [0.2, 0.25) is 0 Å². The van der Waals surface area contributed by atoms with Crippen molar-refractivity contribution in [2.75, 3.05) is 5.32 Å². The molecule has 0 saturated heterocycles. The highest BCUT2D eigenvalue weighted by atomic mass is 16.5. The Morgan fingerprint density at radius 1 is 1.41 bits per heavy atom. The Bertz CT molecular complexity index is 393. The van der Waals surface area contributed by atoms with E-state index in [9.17, 15) is 4.79 Å². The van der Waals surface area contributed by atoms with Gasteiger partial charge in [0.15, 0.2) is 0 Å². The average molecular weight is 233 g/mol. The molecule has 0 atom stereocenters. The molecular weight excluding hydrogens is 214 g/mol. The molecule has 0 unspecified atom stereocenters.